The van der Waals surface area contributed by atoms with Crippen molar-refractivity contribution < 1.29 is 4.79 Å². The maximum absolute atomic E-state index is 11.9. The van der Waals surface area contributed by atoms with E-state index >= 15 is 0 Å². The van der Waals surface area contributed by atoms with Gasteiger partial charge >= 0.3 is 0 Å². The molecule has 2 aromatic carbocycles. The molecule has 0 unspecified atom stereocenters. The van der Waals surface area contributed by atoms with Crippen molar-refractivity contribution >= 4 is 22.1 Å². The molecule has 0 heterocycles. The van der Waals surface area contributed by atoms with Gasteiger partial charge in [0.2, 0.25) is 0 Å². The molecule has 0 spiro atoms. The number of hydrogen-bond donors (Lipinski definition) is 0. The van der Waals surface area contributed by atoms with Gasteiger partial charge in [0.05, 0.1) is 0 Å². The zero-order valence-corrected chi connectivity index (χ0v) is 8.79. The first-order valence-electron chi connectivity index (χ1n) is 5.14. The summed E-state index contributed by atoms with van der Waals surface area (Å²) in [7, 11) is 0. The zero-order chi connectivity index (χ0) is 11.3. The molecule has 0 radical (unpaired) electrons. The summed E-state index contributed by atoms with van der Waals surface area (Å²) >= 11 is 0. The summed E-state index contributed by atoms with van der Waals surface area (Å²) < 4.78 is 0. The Morgan fingerprint density at radius 2 is 1.38 bits per heavy atom. The van der Waals surface area contributed by atoms with Crippen molar-refractivity contribution in [1.29, 1.82) is 0 Å². The van der Waals surface area contributed by atoms with Crippen molar-refractivity contribution in [3.63, 3.8) is 0 Å². The van der Waals surface area contributed by atoms with Crippen LogP contribution in [0.5, 0.6) is 0 Å². The molecule has 76 valence electrons. The standard InChI is InChI=1S/C15H10O/c1-9-10(2)15(16)14-8-12-6-4-3-5-11(12)7-13(9)14/h3-8H,1-2H2. The molecule has 0 bridgehead atoms. The fourth-order valence-electron chi connectivity index (χ4n) is 2.14. The first-order chi connectivity index (χ1) is 7.68. The number of Topliss-reactive ketones (excluding diaryl/α,β-unsaturated/α-hetero) is 1. The highest BCUT2D eigenvalue weighted by Gasteiger charge is 2.26. The molecule has 1 heteroatoms. The second-order valence-electron chi connectivity index (χ2n) is 4.03. The van der Waals surface area contributed by atoms with Gasteiger partial charge in [-0.25, -0.2) is 0 Å². The van der Waals surface area contributed by atoms with Crippen LogP contribution in [0.2, 0.25) is 0 Å². The van der Waals surface area contributed by atoms with E-state index in [-0.39, 0.29) is 5.78 Å². The Labute approximate surface area is 93.7 Å². The summed E-state index contributed by atoms with van der Waals surface area (Å²) in [5.41, 5.74) is 2.93. The van der Waals surface area contributed by atoms with E-state index in [0.29, 0.717) is 5.57 Å². The fourth-order valence-corrected chi connectivity index (χ4v) is 2.14. The maximum atomic E-state index is 11.9. The summed E-state index contributed by atoms with van der Waals surface area (Å²) in [6, 6.07) is 11.9. The molecule has 2 aromatic rings. The van der Waals surface area contributed by atoms with Gasteiger partial charge < -0.3 is 0 Å². The molecule has 0 fully saturated rings. The van der Waals surface area contributed by atoms with E-state index in [1.807, 2.05) is 36.4 Å². The second kappa shape index (κ2) is 2.92. The zero-order valence-electron chi connectivity index (χ0n) is 8.79. The van der Waals surface area contributed by atoms with Crippen LogP contribution >= 0.6 is 0 Å². The van der Waals surface area contributed by atoms with E-state index in [0.717, 1.165) is 27.5 Å². The second-order valence-corrected chi connectivity index (χ2v) is 4.03. The van der Waals surface area contributed by atoms with Crippen LogP contribution in [-0.4, -0.2) is 5.78 Å². The van der Waals surface area contributed by atoms with E-state index in [4.69, 9.17) is 0 Å². The van der Waals surface area contributed by atoms with E-state index < -0.39 is 0 Å². The van der Waals surface area contributed by atoms with Crippen LogP contribution in [0.3, 0.4) is 0 Å². The Balaban J connectivity index is 2.42. The quantitative estimate of drug-likeness (QED) is 0.602. The number of hydrogen-bond acceptors (Lipinski definition) is 1. The SMILES string of the molecule is C=C1C(=C)c2cc3ccccc3cc2C1=O. The van der Waals surface area contributed by atoms with Crippen LogP contribution in [0, 0.1) is 0 Å². The monoisotopic (exact) mass is 206 g/mol. The molecule has 1 aliphatic rings. The Morgan fingerprint density at radius 1 is 0.812 bits per heavy atom. The van der Waals surface area contributed by atoms with Gasteiger partial charge in [-0.15, -0.1) is 0 Å². The predicted molar refractivity (Wildman–Crippen MR) is 66.5 cm³/mol. The fraction of sp³-hybridized carbons (Fsp3) is 0. The third kappa shape index (κ3) is 1.03. The molecule has 0 aliphatic heterocycles. The van der Waals surface area contributed by atoms with Gasteiger partial charge in [-0.3, -0.25) is 4.79 Å². The van der Waals surface area contributed by atoms with Crippen molar-refractivity contribution in [2.75, 3.05) is 0 Å². The number of carbonyl (C=O) groups excluding carboxylic acids is 1. The molecule has 0 N–H and O–H groups in total. The predicted octanol–water partition coefficient (Wildman–Crippen LogP) is 3.61. The van der Waals surface area contributed by atoms with Gasteiger partial charge in [0.15, 0.2) is 5.78 Å². The summed E-state index contributed by atoms with van der Waals surface area (Å²) in [6.07, 6.45) is 0. The van der Waals surface area contributed by atoms with Crippen molar-refractivity contribution in [3.05, 3.63) is 66.3 Å². The highest BCUT2D eigenvalue weighted by molar-refractivity contribution is 6.27. The lowest BCUT2D eigenvalue weighted by atomic mass is 10.0. The van der Waals surface area contributed by atoms with E-state index in [2.05, 4.69) is 13.2 Å². The highest BCUT2D eigenvalue weighted by atomic mass is 16.1. The average Bonchev–Trinajstić information content (AvgIpc) is 2.52. The Hall–Kier alpha value is -2.15. The number of carbonyl (C=O) groups is 1. The normalized spacial score (nSPS) is 14.6. The first-order valence-corrected chi connectivity index (χ1v) is 5.14. The molecule has 0 atom stereocenters. The van der Waals surface area contributed by atoms with Gasteiger partial charge in [-0.1, -0.05) is 37.4 Å². The third-order valence-corrected chi connectivity index (χ3v) is 3.09. The molecular weight excluding hydrogens is 196 g/mol. The third-order valence-electron chi connectivity index (χ3n) is 3.09. The van der Waals surface area contributed by atoms with Crippen molar-refractivity contribution in [2.24, 2.45) is 0 Å². The van der Waals surface area contributed by atoms with Crippen LogP contribution < -0.4 is 0 Å². The van der Waals surface area contributed by atoms with Gasteiger partial charge in [0, 0.05) is 11.1 Å². The lowest BCUT2D eigenvalue weighted by molar-refractivity contribution is 0.104. The Bertz CT molecular complexity index is 606. The maximum Gasteiger partial charge on any atom is 0.193 e. The topological polar surface area (TPSA) is 17.1 Å². The molecule has 1 nitrogen and oxygen atoms in total. The minimum atomic E-state index is 0.00533. The minimum Gasteiger partial charge on any atom is -0.289 e. The van der Waals surface area contributed by atoms with Crippen LogP contribution in [0.15, 0.2) is 55.1 Å². The van der Waals surface area contributed by atoms with E-state index in [9.17, 15) is 4.79 Å². The average molecular weight is 206 g/mol. The minimum absolute atomic E-state index is 0.00533. The van der Waals surface area contributed by atoms with Gasteiger partial charge in [0.25, 0.3) is 0 Å². The van der Waals surface area contributed by atoms with Crippen molar-refractivity contribution in [2.45, 2.75) is 0 Å². The van der Waals surface area contributed by atoms with Crippen molar-refractivity contribution in [1.82, 2.24) is 0 Å². The Morgan fingerprint density at radius 3 is 2.00 bits per heavy atom. The first kappa shape index (κ1) is 9.10. The molecule has 3 rings (SSSR count). The smallest absolute Gasteiger partial charge is 0.193 e. The number of rotatable bonds is 0. The van der Waals surface area contributed by atoms with Gasteiger partial charge in [0.1, 0.15) is 0 Å². The highest BCUT2D eigenvalue weighted by Crippen LogP contribution is 2.36. The number of ketones is 1. The molecular formula is C15H10O. The molecule has 0 saturated carbocycles. The molecule has 16 heavy (non-hydrogen) atoms. The van der Waals surface area contributed by atoms with E-state index in [1.54, 1.807) is 0 Å². The molecule has 0 amide bonds. The van der Waals surface area contributed by atoms with Crippen LogP contribution in [0.25, 0.3) is 16.3 Å². The van der Waals surface area contributed by atoms with E-state index in [1.165, 1.54) is 0 Å². The lowest BCUT2D eigenvalue weighted by Crippen LogP contribution is -1.93. The number of benzene rings is 2. The van der Waals surface area contributed by atoms with Gasteiger partial charge in [-0.2, -0.15) is 0 Å². The largest absolute Gasteiger partial charge is 0.289 e. The lowest BCUT2D eigenvalue weighted by Gasteiger charge is -2.02. The molecule has 0 aromatic heterocycles. The Kier molecular flexibility index (Phi) is 1.66. The molecule has 1 aliphatic carbocycles. The van der Waals surface area contributed by atoms with Crippen LogP contribution in [-0.2, 0) is 0 Å². The van der Waals surface area contributed by atoms with Crippen LogP contribution in [0.1, 0.15) is 15.9 Å². The number of fused-ring (bicyclic) bond motifs is 2. The van der Waals surface area contributed by atoms with Crippen molar-refractivity contribution in [3.8, 4) is 0 Å². The van der Waals surface area contributed by atoms with Gasteiger partial charge in [-0.05, 0) is 34.0 Å². The van der Waals surface area contributed by atoms with Crippen LogP contribution in [0.4, 0.5) is 0 Å². The molecule has 0 saturated heterocycles. The summed E-state index contributed by atoms with van der Waals surface area (Å²) in [6.45, 7) is 7.69. The summed E-state index contributed by atoms with van der Waals surface area (Å²) in [5, 5.41) is 2.21. The summed E-state index contributed by atoms with van der Waals surface area (Å²) in [4.78, 5) is 11.9. The summed E-state index contributed by atoms with van der Waals surface area (Å²) in [5.74, 6) is 0.00533. The number of allylic oxidation sites excluding steroid dienone is 2.